The number of aryl methyl sites for hydroxylation is 1. The fourth-order valence-corrected chi connectivity index (χ4v) is 5.51. The molecule has 2 amide bonds. The predicted molar refractivity (Wildman–Crippen MR) is 151 cm³/mol. The Hall–Kier alpha value is -3.72. The molecule has 0 saturated heterocycles. The van der Waals surface area contributed by atoms with Crippen LogP contribution in [-0.4, -0.2) is 44.3 Å². The summed E-state index contributed by atoms with van der Waals surface area (Å²) in [7, 11) is -4.24. The van der Waals surface area contributed by atoms with Crippen LogP contribution in [-0.2, 0) is 26.2 Å². The minimum absolute atomic E-state index is 0.131. The zero-order chi connectivity index (χ0) is 28.6. The van der Waals surface area contributed by atoms with E-state index in [1.165, 1.54) is 17.0 Å². The Morgan fingerprint density at radius 3 is 2.10 bits per heavy atom. The highest BCUT2D eigenvalue weighted by molar-refractivity contribution is 7.92. The van der Waals surface area contributed by atoms with E-state index in [0.29, 0.717) is 13.0 Å². The average molecular weight is 554 g/mol. The Morgan fingerprint density at radius 1 is 0.923 bits per heavy atom. The van der Waals surface area contributed by atoms with Gasteiger partial charge in [0.05, 0.1) is 10.6 Å². The number of carbonyl (C=O) groups excluding carboxylic acids is 2. The molecule has 3 rings (SSSR count). The monoisotopic (exact) mass is 553 g/mol. The average Bonchev–Trinajstić information content (AvgIpc) is 2.91. The third-order valence-corrected chi connectivity index (χ3v) is 8.06. The molecule has 0 spiro atoms. The first-order valence-corrected chi connectivity index (χ1v) is 14.4. The summed E-state index contributed by atoms with van der Waals surface area (Å²) >= 11 is 0. The van der Waals surface area contributed by atoms with Crippen LogP contribution >= 0.6 is 0 Å². The Balaban J connectivity index is 2.02. The number of hydrogen-bond donors (Lipinski definition) is 1. The molecule has 0 aliphatic carbocycles. The van der Waals surface area contributed by atoms with E-state index in [0.717, 1.165) is 27.6 Å². The van der Waals surface area contributed by atoms with E-state index >= 15 is 0 Å². The highest BCUT2D eigenvalue weighted by Gasteiger charge is 2.33. The van der Waals surface area contributed by atoms with Crippen LogP contribution in [0.25, 0.3) is 0 Å². The molecule has 0 radical (unpaired) electrons. The van der Waals surface area contributed by atoms with Gasteiger partial charge in [-0.05, 0) is 61.2 Å². The molecule has 1 atom stereocenters. The summed E-state index contributed by atoms with van der Waals surface area (Å²) in [6.07, 6.45) is 0.345. The smallest absolute Gasteiger partial charge is 0.264 e. The van der Waals surface area contributed by atoms with Gasteiger partial charge in [0.25, 0.3) is 10.0 Å². The predicted octanol–water partition coefficient (Wildman–Crippen LogP) is 4.91. The normalized spacial score (nSPS) is 12.2. The molecule has 0 aliphatic rings. The van der Waals surface area contributed by atoms with Gasteiger partial charge in [-0.2, -0.15) is 0 Å². The highest BCUT2D eigenvalue weighted by Crippen LogP contribution is 2.25. The van der Waals surface area contributed by atoms with Gasteiger partial charge in [0.2, 0.25) is 11.8 Å². The van der Waals surface area contributed by atoms with Crippen molar-refractivity contribution in [2.45, 2.75) is 51.6 Å². The number of amides is 2. The van der Waals surface area contributed by atoms with Gasteiger partial charge >= 0.3 is 0 Å². The van der Waals surface area contributed by atoms with Crippen molar-refractivity contribution in [2.75, 3.05) is 17.4 Å². The molecule has 3 aromatic rings. The van der Waals surface area contributed by atoms with Crippen molar-refractivity contribution < 1.29 is 22.4 Å². The van der Waals surface area contributed by atoms with Crippen molar-refractivity contribution >= 4 is 27.5 Å². The third kappa shape index (κ3) is 7.89. The standard InChI is InChI=1S/C30H36FN3O4S/c1-5-28(30(36)32-19-22(2)3)33(20-24-9-7-6-8-10-24)29(35)21-34(26-15-11-23(4)12-16-26)39(37,38)27-17-13-25(31)14-18-27/h6-18,22,28H,5,19-21H2,1-4H3,(H,32,36). The van der Waals surface area contributed by atoms with Crippen LogP contribution in [0.15, 0.2) is 83.8 Å². The first-order chi connectivity index (χ1) is 18.5. The van der Waals surface area contributed by atoms with Crippen molar-refractivity contribution in [1.29, 1.82) is 0 Å². The van der Waals surface area contributed by atoms with Crippen LogP contribution in [0.1, 0.15) is 38.3 Å². The molecule has 39 heavy (non-hydrogen) atoms. The van der Waals surface area contributed by atoms with E-state index < -0.39 is 34.3 Å². The van der Waals surface area contributed by atoms with Crippen LogP contribution in [0.2, 0.25) is 0 Å². The van der Waals surface area contributed by atoms with E-state index in [2.05, 4.69) is 5.32 Å². The van der Waals surface area contributed by atoms with Gasteiger partial charge in [-0.1, -0.05) is 68.8 Å². The van der Waals surface area contributed by atoms with E-state index in [9.17, 15) is 22.4 Å². The topological polar surface area (TPSA) is 86.8 Å². The molecule has 0 saturated carbocycles. The number of rotatable bonds is 12. The number of sulfonamides is 1. The summed E-state index contributed by atoms with van der Waals surface area (Å²) in [4.78, 5) is 28.4. The Kier molecular flexibility index (Phi) is 10.2. The maximum Gasteiger partial charge on any atom is 0.264 e. The number of nitrogens with zero attached hydrogens (tertiary/aromatic N) is 2. The molecular weight excluding hydrogens is 517 g/mol. The summed E-state index contributed by atoms with van der Waals surface area (Å²) < 4.78 is 42.1. The van der Waals surface area contributed by atoms with Gasteiger partial charge < -0.3 is 10.2 Å². The molecule has 9 heteroatoms. The van der Waals surface area contributed by atoms with Crippen molar-refractivity contribution in [1.82, 2.24) is 10.2 Å². The lowest BCUT2D eigenvalue weighted by Gasteiger charge is -2.33. The van der Waals surface area contributed by atoms with Crippen molar-refractivity contribution in [2.24, 2.45) is 5.92 Å². The second kappa shape index (κ2) is 13.4. The van der Waals surface area contributed by atoms with Crippen LogP contribution in [0.5, 0.6) is 0 Å². The third-order valence-electron chi connectivity index (χ3n) is 6.27. The first-order valence-electron chi connectivity index (χ1n) is 13.0. The van der Waals surface area contributed by atoms with Crippen LogP contribution in [0, 0.1) is 18.7 Å². The summed E-state index contributed by atoms with van der Waals surface area (Å²) in [6.45, 7) is 7.70. The van der Waals surface area contributed by atoms with Gasteiger partial charge in [0, 0.05) is 13.1 Å². The Bertz CT molecular complexity index is 1350. The minimum Gasteiger partial charge on any atom is -0.354 e. The van der Waals surface area contributed by atoms with Crippen molar-refractivity contribution in [3.8, 4) is 0 Å². The lowest BCUT2D eigenvalue weighted by Crippen LogP contribution is -2.52. The fourth-order valence-electron chi connectivity index (χ4n) is 4.10. The maximum absolute atomic E-state index is 14.0. The first kappa shape index (κ1) is 29.8. The number of nitrogens with one attached hydrogen (secondary N) is 1. The van der Waals surface area contributed by atoms with Gasteiger partial charge in [-0.3, -0.25) is 13.9 Å². The molecule has 1 N–H and O–H groups in total. The number of carbonyl (C=O) groups is 2. The SMILES string of the molecule is CCC(C(=O)NCC(C)C)N(Cc1ccccc1)C(=O)CN(c1ccc(C)cc1)S(=O)(=O)c1ccc(F)cc1. The van der Waals surface area contributed by atoms with Crippen molar-refractivity contribution in [3.63, 3.8) is 0 Å². The second-order valence-electron chi connectivity index (χ2n) is 9.87. The Morgan fingerprint density at radius 2 is 1.54 bits per heavy atom. The Labute approximate surface area is 230 Å². The minimum atomic E-state index is -4.24. The maximum atomic E-state index is 14.0. The van der Waals surface area contributed by atoms with E-state index in [1.807, 2.05) is 58.0 Å². The van der Waals surface area contributed by atoms with Crippen molar-refractivity contribution in [3.05, 3.63) is 95.8 Å². The number of anilines is 1. The van der Waals surface area contributed by atoms with Gasteiger partial charge in [0.1, 0.15) is 18.4 Å². The zero-order valence-corrected chi connectivity index (χ0v) is 23.6. The van der Waals surface area contributed by atoms with Crippen LogP contribution < -0.4 is 9.62 Å². The molecule has 0 fully saturated rings. The molecule has 7 nitrogen and oxygen atoms in total. The summed E-state index contributed by atoms with van der Waals surface area (Å²) in [5.41, 5.74) is 2.02. The molecular formula is C30H36FN3O4S. The molecule has 0 aliphatic heterocycles. The van der Waals surface area contributed by atoms with E-state index in [-0.39, 0.29) is 29.0 Å². The summed E-state index contributed by atoms with van der Waals surface area (Å²) in [5, 5.41) is 2.91. The lowest BCUT2D eigenvalue weighted by atomic mass is 10.1. The number of hydrogen-bond acceptors (Lipinski definition) is 4. The molecule has 3 aromatic carbocycles. The van der Waals surface area contributed by atoms with Crippen LogP contribution in [0.4, 0.5) is 10.1 Å². The van der Waals surface area contributed by atoms with Crippen LogP contribution in [0.3, 0.4) is 0 Å². The largest absolute Gasteiger partial charge is 0.354 e. The zero-order valence-electron chi connectivity index (χ0n) is 22.8. The van der Waals surface area contributed by atoms with Gasteiger partial charge in [-0.25, -0.2) is 12.8 Å². The molecule has 0 bridgehead atoms. The molecule has 0 heterocycles. The fraction of sp³-hybridized carbons (Fsp3) is 0.333. The number of benzene rings is 3. The quantitative estimate of drug-likeness (QED) is 0.345. The lowest BCUT2D eigenvalue weighted by molar-refractivity contribution is -0.140. The van der Waals surface area contributed by atoms with E-state index in [1.54, 1.807) is 24.3 Å². The van der Waals surface area contributed by atoms with Gasteiger partial charge in [-0.15, -0.1) is 0 Å². The second-order valence-corrected chi connectivity index (χ2v) is 11.7. The molecule has 208 valence electrons. The number of halogens is 1. The molecule has 1 unspecified atom stereocenters. The molecule has 0 aromatic heterocycles. The van der Waals surface area contributed by atoms with Gasteiger partial charge in [0.15, 0.2) is 0 Å². The summed E-state index contributed by atoms with van der Waals surface area (Å²) in [6, 6.07) is 19.7. The summed E-state index contributed by atoms with van der Waals surface area (Å²) in [5.74, 6) is -1.17. The highest BCUT2D eigenvalue weighted by atomic mass is 32.2. The van der Waals surface area contributed by atoms with E-state index in [4.69, 9.17) is 0 Å².